The molecule has 0 aromatic carbocycles. The topological polar surface area (TPSA) is 69.8 Å². The smallest absolute Gasteiger partial charge is 0.241 e. The highest BCUT2D eigenvalue weighted by Crippen LogP contribution is 2.08. The Labute approximate surface area is 75.9 Å². The maximum absolute atomic E-state index is 11.5. The van der Waals surface area contributed by atoms with Crippen molar-refractivity contribution in [2.45, 2.75) is 18.9 Å². The van der Waals surface area contributed by atoms with Gasteiger partial charge in [0.05, 0.1) is 17.9 Å². The lowest BCUT2D eigenvalue weighted by molar-refractivity contribution is -0.117. The van der Waals surface area contributed by atoms with Gasteiger partial charge < -0.3 is 10.6 Å². The second-order valence-corrected chi connectivity index (χ2v) is 3.13. The molecule has 13 heavy (non-hydrogen) atoms. The van der Waals surface area contributed by atoms with Crippen molar-refractivity contribution >= 4 is 11.6 Å². The molecule has 1 aromatic rings. The van der Waals surface area contributed by atoms with Gasteiger partial charge in [0.1, 0.15) is 0 Å². The zero-order chi connectivity index (χ0) is 9.10. The molecule has 2 heterocycles. The lowest BCUT2D eigenvalue weighted by atomic mass is 10.2. The fourth-order valence-corrected chi connectivity index (χ4v) is 1.46. The summed E-state index contributed by atoms with van der Waals surface area (Å²) < 4.78 is 0. The van der Waals surface area contributed by atoms with Crippen LogP contribution in [0.3, 0.4) is 0 Å². The number of carbonyl (C=O) groups excluding carboxylic acids is 1. The van der Waals surface area contributed by atoms with E-state index in [4.69, 9.17) is 0 Å². The number of aromatic amines is 1. The van der Waals surface area contributed by atoms with Crippen molar-refractivity contribution in [1.29, 1.82) is 0 Å². The Bertz CT molecular complexity index is 276. The Balaban J connectivity index is 1.91. The lowest BCUT2D eigenvalue weighted by Crippen LogP contribution is -2.35. The van der Waals surface area contributed by atoms with Gasteiger partial charge in [-0.2, -0.15) is 5.10 Å². The molecule has 0 saturated carbocycles. The number of hydrogen-bond donors (Lipinski definition) is 3. The minimum Gasteiger partial charge on any atom is -0.322 e. The number of nitrogens with zero attached hydrogens (tertiary/aromatic N) is 1. The summed E-state index contributed by atoms with van der Waals surface area (Å²) in [6, 6.07) is -0.0325. The molecule has 0 radical (unpaired) electrons. The van der Waals surface area contributed by atoms with Gasteiger partial charge >= 0.3 is 0 Å². The van der Waals surface area contributed by atoms with Crippen LogP contribution in [0.1, 0.15) is 12.8 Å². The largest absolute Gasteiger partial charge is 0.322 e. The molecule has 1 aromatic heterocycles. The van der Waals surface area contributed by atoms with Crippen LogP contribution >= 0.6 is 0 Å². The Hall–Kier alpha value is -1.36. The summed E-state index contributed by atoms with van der Waals surface area (Å²) in [4.78, 5) is 11.5. The Morgan fingerprint density at radius 2 is 2.62 bits per heavy atom. The first-order chi connectivity index (χ1) is 6.36. The van der Waals surface area contributed by atoms with E-state index in [1.165, 1.54) is 0 Å². The number of nitrogens with one attached hydrogen (secondary N) is 3. The first-order valence-electron chi connectivity index (χ1n) is 4.39. The second kappa shape index (κ2) is 3.57. The third kappa shape index (κ3) is 1.86. The molecule has 1 aliphatic rings. The van der Waals surface area contributed by atoms with E-state index in [0.717, 1.165) is 25.1 Å². The normalized spacial score (nSPS) is 21.7. The van der Waals surface area contributed by atoms with Gasteiger partial charge in [-0.25, -0.2) is 0 Å². The average molecular weight is 180 g/mol. The van der Waals surface area contributed by atoms with Crippen LogP contribution in [0.2, 0.25) is 0 Å². The van der Waals surface area contributed by atoms with Gasteiger partial charge in [-0.05, 0) is 19.4 Å². The third-order valence-corrected chi connectivity index (χ3v) is 2.14. The van der Waals surface area contributed by atoms with Gasteiger partial charge in [-0.1, -0.05) is 0 Å². The molecule has 70 valence electrons. The fourth-order valence-electron chi connectivity index (χ4n) is 1.46. The van der Waals surface area contributed by atoms with E-state index < -0.39 is 0 Å². The predicted octanol–water partition coefficient (Wildman–Crippen LogP) is 0.100. The Kier molecular flexibility index (Phi) is 2.27. The van der Waals surface area contributed by atoms with Gasteiger partial charge in [0.25, 0.3) is 0 Å². The van der Waals surface area contributed by atoms with Crippen molar-refractivity contribution in [3.63, 3.8) is 0 Å². The number of carbonyl (C=O) groups is 1. The van der Waals surface area contributed by atoms with Gasteiger partial charge in [0, 0.05) is 6.20 Å². The van der Waals surface area contributed by atoms with Gasteiger partial charge in [-0.15, -0.1) is 0 Å². The standard InChI is InChI=1S/C8H12N4O/c13-8(7-2-1-3-9-7)12-6-4-10-11-5-6/h4-5,7,9H,1-3H2,(H,10,11)(H,12,13)/t7-/m1/s1. The molecular weight excluding hydrogens is 168 g/mol. The van der Waals surface area contributed by atoms with E-state index >= 15 is 0 Å². The van der Waals surface area contributed by atoms with Gasteiger partial charge in [0.2, 0.25) is 5.91 Å². The summed E-state index contributed by atoms with van der Waals surface area (Å²) in [7, 11) is 0. The maximum Gasteiger partial charge on any atom is 0.241 e. The van der Waals surface area contributed by atoms with Crippen molar-refractivity contribution in [3.8, 4) is 0 Å². The molecule has 0 bridgehead atoms. The molecule has 2 rings (SSSR count). The molecule has 1 fully saturated rings. The molecule has 0 aliphatic carbocycles. The first kappa shape index (κ1) is 8.25. The quantitative estimate of drug-likeness (QED) is 0.604. The zero-order valence-corrected chi connectivity index (χ0v) is 7.21. The molecule has 5 heteroatoms. The molecule has 0 unspecified atom stereocenters. The number of rotatable bonds is 2. The zero-order valence-electron chi connectivity index (χ0n) is 7.21. The Morgan fingerprint density at radius 1 is 1.69 bits per heavy atom. The van der Waals surface area contributed by atoms with E-state index in [2.05, 4.69) is 20.8 Å². The third-order valence-electron chi connectivity index (χ3n) is 2.14. The highest BCUT2D eigenvalue weighted by atomic mass is 16.2. The van der Waals surface area contributed by atoms with E-state index in [0.29, 0.717) is 0 Å². The lowest BCUT2D eigenvalue weighted by Gasteiger charge is -2.08. The SMILES string of the molecule is O=C(Nc1cn[nH]c1)[C@H]1CCCN1. The average Bonchev–Trinajstić information content (AvgIpc) is 2.74. The van der Waals surface area contributed by atoms with Crippen molar-refractivity contribution < 1.29 is 4.79 Å². The van der Waals surface area contributed by atoms with Crippen LogP contribution in [0.25, 0.3) is 0 Å². The van der Waals surface area contributed by atoms with Crippen molar-refractivity contribution in [2.75, 3.05) is 11.9 Å². The molecule has 3 N–H and O–H groups in total. The molecule has 1 atom stereocenters. The minimum atomic E-state index is -0.0325. The molecule has 1 aliphatic heterocycles. The van der Waals surface area contributed by atoms with Crippen LogP contribution < -0.4 is 10.6 Å². The number of H-pyrrole nitrogens is 1. The van der Waals surface area contributed by atoms with E-state index in [1.807, 2.05) is 0 Å². The summed E-state index contributed by atoms with van der Waals surface area (Å²) in [5.41, 5.74) is 0.721. The van der Waals surface area contributed by atoms with Crippen LogP contribution in [0.4, 0.5) is 5.69 Å². The fraction of sp³-hybridized carbons (Fsp3) is 0.500. The van der Waals surface area contributed by atoms with Crippen LogP contribution in [0.15, 0.2) is 12.4 Å². The van der Waals surface area contributed by atoms with E-state index in [-0.39, 0.29) is 11.9 Å². The first-order valence-corrected chi connectivity index (χ1v) is 4.39. The number of hydrogen-bond acceptors (Lipinski definition) is 3. The van der Waals surface area contributed by atoms with Crippen molar-refractivity contribution in [2.24, 2.45) is 0 Å². The number of aromatic nitrogens is 2. The van der Waals surface area contributed by atoms with E-state index in [1.54, 1.807) is 12.4 Å². The molecule has 1 amide bonds. The summed E-state index contributed by atoms with van der Waals surface area (Å²) >= 11 is 0. The number of amides is 1. The molecule has 1 saturated heterocycles. The van der Waals surface area contributed by atoms with Gasteiger partial charge in [0.15, 0.2) is 0 Å². The molecule has 0 spiro atoms. The van der Waals surface area contributed by atoms with Crippen molar-refractivity contribution in [3.05, 3.63) is 12.4 Å². The maximum atomic E-state index is 11.5. The Morgan fingerprint density at radius 3 is 3.23 bits per heavy atom. The summed E-state index contributed by atoms with van der Waals surface area (Å²) in [5.74, 6) is 0.0268. The second-order valence-electron chi connectivity index (χ2n) is 3.13. The number of anilines is 1. The van der Waals surface area contributed by atoms with E-state index in [9.17, 15) is 4.79 Å². The summed E-state index contributed by atoms with van der Waals surface area (Å²) in [6.45, 7) is 0.934. The molecule has 5 nitrogen and oxygen atoms in total. The van der Waals surface area contributed by atoms with Crippen LogP contribution in [0, 0.1) is 0 Å². The summed E-state index contributed by atoms with van der Waals surface area (Å²) in [5, 5.41) is 12.3. The van der Waals surface area contributed by atoms with Crippen LogP contribution in [-0.2, 0) is 4.79 Å². The van der Waals surface area contributed by atoms with Crippen LogP contribution in [-0.4, -0.2) is 28.7 Å². The summed E-state index contributed by atoms with van der Waals surface area (Å²) in [6.07, 6.45) is 5.24. The predicted molar refractivity (Wildman–Crippen MR) is 48.2 cm³/mol. The highest BCUT2D eigenvalue weighted by Gasteiger charge is 2.21. The minimum absolute atomic E-state index is 0.0268. The monoisotopic (exact) mass is 180 g/mol. The van der Waals surface area contributed by atoms with Crippen LogP contribution in [0.5, 0.6) is 0 Å². The highest BCUT2D eigenvalue weighted by molar-refractivity contribution is 5.94. The van der Waals surface area contributed by atoms with Crippen molar-refractivity contribution in [1.82, 2.24) is 15.5 Å². The van der Waals surface area contributed by atoms with Gasteiger partial charge in [-0.3, -0.25) is 9.89 Å². The molecular formula is C8H12N4O.